The van der Waals surface area contributed by atoms with E-state index in [-0.39, 0.29) is 5.56 Å². The van der Waals surface area contributed by atoms with E-state index in [1.165, 1.54) is 12.1 Å². The molecule has 0 amide bonds. The third-order valence-electron chi connectivity index (χ3n) is 1.82. The van der Waals surface area contributed by atoms with Gasteiger partial charge >= 0.3 is 12.1 Å². The highest BCUT2D eigenvalue weighted by atomic mass is 19.4. The molecule has 0 aliphatic rings. The summed E-state index contributed by atoms with van der Waals surface area (Å²) in [6, 6.07) is 4.85. The van der Waals surface area contributed by atoms with E-state index in [1.54, 1.807) is 0 Å². The van der Waals surface area contributed by atoms with Crippen molar-refractivity contribution in [1.82, 2.24) is 0 Å². The Labute approximate surface area is 82.7 Å². The van der Waals surface area contributed by atoms with Crippen molar-refractivity contribution in [3.8, 4) is 0 Å². The maximum absolute atomic E-state index is 12.6. The lowest BCUT2D eigenvalue weighted by atomic mass is 10.1. The fraction of sp³-hybridized carbons (Fsp3) is 0.333. The van der Waals surface area contributed by atoms with E-state index in [1.807, 2.05) is 0 Å². The average Bonchev–Trinajstić information content (AvgIpc) is 2.06. The zero-order valence-electron chi connectivity index (χ0n) is 7.48. The second kappa shape index (κ2) is 3.67. The van der Waals surface area contributed by atoms with Crippen LogP contribution in [0.15, 0.2) is 24.3 Å². The van der Waals surface area contributed by atoms with Crippen LogP contribution in [0.4, 0.5) is 27.6 Å². The third kappa shape index (κ3) is 2.81. The molecule has 84 valence electrons. The van der Waals surface area contributed by atoms with Crippen molar-refractivity contribution in [2.24, 2.45) is 0 Å². The van der Waals surface area contributed by atoms with Crippen LogP contribution < -0.4 is 5.73 Å². The number of nitrogen functional groups attached to an aromatic ring is 1. The quantitative estimate of drug-likeness (QED) is 0.607. The number of rotatable bonds is 2. The molecule has 15 heavy (non-hydrogen) atoms. The first kappa shape index (κ1) is 11.7. The van der Waals surface area contributed by atoms with Gasteiger partial charge in [-0.2, -0.15) is 22.0 Å². The van der Waals surface area contributed by atoms with Crippen LogP contribution in [0.3, 0.4) is 0 Å². The standard InChI is InChI=1S/C9H8F5N/c10-8(11,9(12,13)14)5-6-1-3-7(15)4-2-6/h1-4H,5,15H2. The lowest BCUT2D eigenvalue weighted by Gasteiger charge is -2.19. The molecule has 0 saturated heterocycles. The molecule has 0 aromatic heterocycles. The summed E-state index contributed by atoms with van der Waals surface area (Å²) in [4.78, 5) is 0. The lowest BCUT2D eigenvalue weighted by molar-refractivity contribution is -0.281. The molecule has 1 rings (SSSR count). The Balaban J connectivity index is 2.82. The van der Waals surface area contributed by atoms with E-state index in [0.717, 1.165) is 12.1 Å². The van der Waals surface area contributed by atoms with Crippen LogP contribution in [0.5, 0.6) is 0 Å². The predicted molar refractivity (Wildman–Crippen MR) is 45.6 cm³/mol. The number of hydrogen-bond acceptors (Lipinski definition) is 1. The minimum absolute atomic E-state index is 0.105. The highest BCUT2D eigenvalue weighted by Gasteiger charge is 2.56. The summed E-state index contributed by atoms with van der Waals surface area (Å²) in [6.45, 7) is 0. The minimum atomic E-state index is -5.52. The van der Waals surface area contributed by atoms with Gasteiger partial charge in [0.15, 0.2) is 0 Å². The van der Waals surface area contributed by atoms with Crippen LogP contribution in [-0.4, -0.2) is 12.1 Å². The smallest absolute Gasteiger partial charge is 0.399 e. The first-order chi connectivity index (χ1) is 6.72. The van der Waals surface area contributed by atoms with Gasteiger partial charge in [0.1, 0.15) is 0 Å². The highest BCUT2D eigenvalue weighted by molar-refractivity contribution is 5.39. The van der Waals surface area contributed by atoms with Crippen molar-refractivity contribution < 1.29 is 22.0 Å². The summed E-state index contributed by atoms with van der Waals surface area (Å²) in [5.74, 6) is -4.71. The van der Waals surface area contributed by atoms with Crippen LogP contribution in [-0.2, 0) is 6.42 Å². The predicted octanol–water partition coefficient (Wildman–Crippen LogP) is 3.01. The molecule has 1 aromatic rings. The van der Waals surface area contributed by atoms with Crippen LogP contribution in [0.1, 0.15) is 5.56 Å². The summed E-state index contributed by atoms with van der Waals surface area (Å²) in [7, 11) is 0. The molecular weight excluding hydrogens is 217 g/mol. The Kier molecular flexibility index (Phi) is 2.88. The Morgan fingerprint density at radius 3 is 1.80 bits per heavy atom. The van der Waals surface area contributed by atoms with Crippen LogP contribution in [0.25, 0.3) is 0 Å². The normalized spacial score (nSPS) is 12.9. The number of anilines is 1. The summed E-state index contributed by atoms with van der Waals surface area (Å²) in [5, 5.41) is 0. The molecule has 0 unspecified atom stereocenters. The van der Waals surface area contributed by atoms with Gasteiger partial charge in [0.2, 0.25) is 0 Å². The molecule has 1 nitrogen and oxygen atoms in total. The van der Waals surface area contributed by atoms with Crippen molar-refractivity contribution in [2.45, 2.75) is 18.5 Å². The van der Waals surface area contributed by atoms with Crippen molar-refractivity contribution in [3.63, 3.8) is 0 Å². The Morgan fingerprint density at radius 1 is 0.933 bits per heavy atom. The Hall–Kier alpha value is -1.33. The Morgan fingerprint density at radius 2 is 1.40 bits per heavy atom. The molecule has 0 radical (unpaired) electrons. The van der Waals surface area contributed by atoms with E-state index in [9.17, 15) is 22.0 Å². The van der Waals surface area contributed by atoms with Crippen LogP contribution in [0.2, 0.25) is 0 Å². The first-order valence-corrected chi connectivity index (χ1v) is 4.01. The summed E-state index contributed by atoms with van der Waals surface area (Å²) in [5.41, 5.74) is 5.48. The molecule has 6 heteroatoms. The molecule has 0 saturated carbocycles. The average molecular weight is 225 g/mol. The van der Waals surface area contributed by atoms with Gasteiger partial charge in [0.05, 0.1) is 0 Å². The van der Waals surface area contributed by atoms with E-state index in [4.69, 9.17) is 5.73 Å². The molecule has 0 fully saturated rings. The zero-order chi connectivity index (χ0) is 11.7. The molecule has 0 bridgehead atoms. The third-order valence-corrected chi connectivity index (χ3v) is 1.82. The van der Waals surface area contributed by atoms with Crippen LogP contribution in [0, 0.1) is 0 Å². The number of alkyl halides is 5. The molecular formula is C9H8F5N. The maximum atomic E-state index is 12.6. The summed E-state index contributed by atoms with van der Waals surface area (Å²) < 4.78 is 60.6. The van der Waals surface area contributed by atoms with Gasteiger partial charge in [-0.15, -0.1) is 0 Å². The van der Waals surface area contributed by atoms with Crippen molar-refractivity contribution >= 4 is 5.69 Å². The molecule has 0 spiro atoms. The molecule has 1 aromatic carbocycles. The zero-order valence-corrected chi connectivity index (χ0v) is 7.48. The molecule has 0 heterocycles. The fourth-order valence-corrected chi connectivity index (χ4v) is 0.992. The largest absolute Gasteiger partial charge is 0.453 e. The number of halogens is 5. The topological polar surface area (TPSA) is 26.0 Å². The fourth-order valence-electron chi connectivity index (χ4n) is 0.992. The molecule has 0 aliphatic carbocycles. The summed E-state index contributed by atoms with van der Waals surface area (Å²) in [6.07, 6.45) is -6.88. The van der Waals surface area contributed by atoms with Gasteiger partial charge in [-0.25, -0.2) is 0 Å². The SMILES string of the molecule is Nc1ccc(CC(F)(F)C(F)(F)F)cc1. The lowest BCUT2D eigenvalue weighted by Crippen LogP contribution is -2.38. The highest BCUT2D eigenvalue weighted by Crippen LogP contribution is 2.37. The van der Waals surface area contributed by atoms with Gasteiger partial charge < -0.3 is 5.73 Å². The van der Waals surface area contributed by atoms with Crippen molar-refractivity contribution in [1.29, 1.82) is 0 Å². The maximum Gasteiger partial charge on any atom is 0.453 e. The molecule has 0 aliphatic heterocycles. The van der Waals surface area contributed by atoms with E-state index in [0.29, 0.717) is 5.69 Å². The van der Waals surface area contributed by atoms with Crippen LogP contribution >= 0.6 is 0 Å². The van der Waals surface area contributed by atoms with E-state index in [2.05, 4.69) is 0 Å². The number of benzene rings is 1. The molecule has 0 atom stereocenters. The number of nitrogens with two attached hydrogens (primary N) is 1. The van der Waals surface area contributed by atoms with Crippen molar-refractivity contribution in [3.05, 3.63) is 29.8 Å². The van der Waals surface area contributed by atoms with E-state index >= 15 is 0 Å². The number of hydrogen-bond donors (Lipinski definition) is 1. The van der Waals surface area contributed by atoms with Crippen molar-refractivity contribution in [2.75, 3.05) is 5.73 Å². The first-order valence-electron chi connectivity index (χ1n) is 4.01. The minimum Gasteiger partial charge on any atom is -0.399 e. The second-order valence-electron chi connectivity index (χ2n) is 3.12. The van der Waals surface area contributed by atoms with Gasteiger partial charge in [-0.3, -0.25) is 0 Å². The van der Waals surface area contributed by atoms with Gasteiger partial charge in [-0.05, 0) is 17.7 Å². The van der Waals surface area contributed by atoms with Gasteiger partial charge in [0, 0.05) is 12.1 Å². The van der Waals surface area contributed by atoms with Gasteiger partial charge in [0.25, 0.3) is 0 Å². The monoisotopic (exact) mass is 225 g/mol. The Bertz CT molecular complexity index is 327. The molecule has 2 N–H and O–H groups in total. The van der Waals surface area contributed by atoms with Gasteiger partial charge in [-0.1, -0.05) is 12.1 Å². The van der Waals surface area contributed by atoms with E-state index < -0.39 is 18.5 Å². The second-order valence-corrected chi connectivity index (χ2v) is 3.12. The summed E-state index contributed by atoms with van der Waals surface area (Å²) >= 11 is 0.